The van der Waals surface area contributed by atoms with Crippen molar-refractivity contribution in [3.63, 3.8) is 0 Å². The number of H-pyrrole nitrogens is 1. The summed E-state index contributed by atoms with van der Waals surface area (Å²) < 4.78 is 28.0. The van der Waals surface area contributed by atoms with Gasteiger partial charge in [-0.05, 0) is 92.0 Å². The van der Waals surface area contributed by atoms with Gasteiger partial charge >= 0.3 is 5.97 Å². The third-order valence-corrected chi connectivity index (χ3v) is 8.37. The second-order valence-electron chi connectivity index (χ2n) is 11.8. The highest BCUT2D eigenvalue weighted by Crippen LogP contribution is 2.53. The molecule has 2 aromatic carbocycles. The zero-order valence-electron chi connectivity index (χ0n) is 22.6. The van der Waals surface area contributed by atoms with E-state index in [-0.39, 0.29) is 36.3 Å². The number of piperidine rings is 1. The molecule has 0 bridgehead atoms. The van der Waals surface area contributed by atoms with Crippen molar-refractivity contribution < 1.29 is 28.3 Å². The third kappa shape index (κ3) is 5.45. The molecule has 0 saturated carbocycles. The number of benzene rings is 2. The minimum atomic E-state index is -1.20. The van der Waals surface area contributed by atoms with Crippen LogP contribution in [0, 0.1) is 11.6 Å². The van der Waals surface area contributed by atoms with E-state index in [0.29, 0.717) is 43.4 Å². The van der Waals surface area contributed by atoms with E-state index < -0.39 is 28.9 Å². The lowest BCUT2D eigenvalue weighted by molar-refractivity contribution is -0.138. The second kappa shape index (κ2) is 10.3. The van der Waals surface area contributed by atoms with Gasteiger partial charge < -0.3 is 26.0 Å². The standard InChI is InChI=1S/C30H34F2N4O4/c1-29(2,33)28(40)35-25(15-21-12-17-11-19(31)4-6-24(17)34-21)27(39)36-9-7-30(8-10-36)16-18(13-26(37)38)22-5-3-20(32)14-23(22)30/h3-6,11-12,14,18,25,34H,7-10,13,15-16,33H2,1-2H3,(H,35,40)(H,37,38)/t18?,25-/m1/s1. The number of carboxylic acids is 1. The van der Waals surface area contributed by atoms with Crippen LogP contribution in [-0.2, 0) is 26.2 Å². The van der Waals surface area contributed by atoms with Gasteiger partial charge in [-0.25, -0.2) is 8.78 Å². The molecule has 5 rings (SSSR count). The molecule has 0 radical (unpaired) electrons. The average molecular weight is 553 g/mol. The summed E-state index contributed by atoms with van der Waals surface area (Å²) in [5.74, 6) is -2.58. The summed E-state index contributed by atoms with van der Waals surface area (Å²) in [6.45, 7) is 3.88. The van der Waals surface area contributed by atoms with E-state index in [2.05, 4.69) is 10.3 Å². The monoisotopic (exact) mass is 552 g/mol. The van der Waals surface area contributed by atoms with Gasteiger partial charge in [0, 0.05) is 36.1 Å². The molecule has 1 fully saturated rings. The Morgan fingerprint density at radius 3 is 2.48 bits per heavy atom. The van der Waals surface area contributed by atoms with Crippen molar-refractivity contribution in [3.05, 3.63) is 70.9 Å². The number of likely N-dealkylation sites (tertiary alicyclic amines) is 1. The van der Waals surface area contributed by atoms with E-state index in [0.717, 1.165) is 16.6 Å². The predicted octanol–water partition coefficient (Wildman–Crippen LogP) is 3.73. The van der Waals surface area contributed by atoms with Gasteiger partial charge in [-0.1, -0.05) is 6.07 Å². The highest BCUT2D eigenvalue weighted by atomic mass is 19.1. The molecule has 1 aromatic heterocycles. The van der Waals surface area contributed by atoms with E-state index in [1.807, 2.05) is 0 Å². The third-order valence-electron chi connectivity index (χ3n) is 8.37. The van der Waals surface area contributed by atoms with Crippen LogP contribution in [0.4, 0.5) is 8.78 Å². The van der Waals surface area contributed by atoms with Crippen molar-refractivity contribution in [2.45, 2.75) is 68.9 Å². The molecule has 2 amide bonds. The van der Waals surface area contributed by atoms with Crippen LogP contribution in [0.25, 0.3) is 10.9 Å². The zero-order valence-corrected chi connectivity index (χ0v) is 22.6. The predicted molar refractivity (Wildman–Crippen MR) is 146 cm³/mol. The van der Waals surface area contributed by atoms with E-state index >= 15 is 0 Å². The van der Waals surface area contributed by atoms with Crippen LogP contribution in [-0.4, -0.2) is 57.4 Å². The lowest BCUT2D eigenvalue weighted by Crippen LogP contribution is -2.58. The Kier molecular flexibility index (Phi) is 7.16. The van der Waals surface area contributed by atoms with Gasteiger partial charge in [0.05, 0.1) is 12.0 Å². The van der Waals surface area contributed by atoms with E-state index in [4.69, 9.17) is 5.73 Å². The number of carboxylic acid groups (broad SMARTS) is 1. The molecule has 1 saturated heterocycles. The van der Waals surface area contributed by atoms with Crippen molar-refractivity contribution in [1.29, 1.82) is 0 Å². The molecule has 10 heteroatoms. The topological polar surface area (TPSA) is 129 Å². The second-order valence-corrected chi connectivity index (χ2v) is 11.8. The van der Waals surface area contributed by atoms with Gasteiger partial charge in [0.25, 0.3) is 0 Å². The number of aromatic amines is 1. The minimum absolute atomic E-state index is 0.0274. The zero-order chi connectivity index (χ0) is 28.8. The number of nitrogens with two attached hydrogens (primary N) is 1. The summed E-state index contributed by atoms with van der Waals surface area (Å²) in [5.41, 5.74) is 7.48. The number of nitrogens with zero attached hydrogens (tertiary/aromatic N) is 1. The fourth-order valence-electron chi connectivity index (χ4n) is 6.32. The Labute approximate surface area is 230 Å². The Morgan fingerprint density at radius 1 is 1.12 bits per heavy atom. The number of aromatic nitrogens is 1. The van der Waals surface area contributed by atoms with E-state index in [1.54, 1.807) is 36.9 Å². The van der Waals surface area contributed by atoms with Crippen LogP contribution in [0.2, 0.25) is 0 Å². The normalized spacial score (nSPS) is 19.0. The first kappa shape index (κ1) is 27.8. The summed E-state index contributed by atoms with van der Waals surface area (Å²) in [5, 5.41) is 12.9. The van der Waals surface area contributed by atoms with Gasteiger partial charge in [-0.15, -0.1) is 0 Å². The Morgan fingerprint density at radius 2 is 1.80 bits per heavy atom. The van der Waals surface area contributed by atoms with Gasteiger partial charge in [0.2, 0.25) is 11.8 Å². The molecule has 2 aliphatic rings. The van der Waals surface area contributed by atoms with Crippen molar-refractivity contribution in [2.75, 3.05) is 13.1 Å². The molecule has 1 spiro atoms. The van der Waals surface area contributed by atoms with Crippen molar-refractivity contribution in [3.8, 4) is 0 Å². The van der Waals surface area contributed by atoms with Crippen LogP contribution in [0.3, 0.4) is 0 Å². The lowest BCUT2D eigenvalue weighted by atomic mass is 9.73. The average Bonchev–Trinajstić information content (AvgIpc) is 3.40. The Balaban J connectivity index is 1.36. The van der Waals surface area contributed by atoms with Crippen LogP contribution in [0.5, 0.6) is 0 Å². The largest absolute Gasteiger partial charge is 0.481 e. The van der Waals surface area contributed by atoms with Gasteiger partial charge in [0.1, 0.15) is 17.7 Å². The molecule has 1 unspecified atom stereocenters. The molecule has 1 aliphatic carbocycles. The molecule has 2 heterocycles. The maximum atomic E-state index is 14.3. The van der Waals surface area contributed by atoms with Crippen molar-refractivity contribution in [2.24, 2.45) is 5.73 Å². The summed E-state index contributed by atoms with van der Waals surface area (Å²) in [6.07, 6.45) is 1.83. The molecule has 8 nitrogen and oxygen atoms in total. The SMILES string of the molecule is CC(C)(N)C(=O)N[C@H](Cc1cc2cc(F)ccc2[nH]1)C(=O)N1CCC2(CC1)CC(CC(=O)O)c1ccc(F)cc12. The summed E-state index contributed by atoms with van der Waals surface area (Å²) >= 11 is 0. The molecule has 40 heavy (non-hydrogen) atoms. The quantitative estimate of drug-likeness (QED) is 0.355. The minimum Gasteiger partial charge on any atom is -0.481 e. The molecule has 1 aliphatic heterocycles. The highest BCUT2D eigenvalue weighted by molar-refractivity contribution is 5.92. The van der Waals surface area contributed by atoms with Gasteiger partial charge in [-0.3, -0.25) is 14.4 Å². The number of carbonyl (C=O) groups is 3. The number of amides is 2. The first-order chi connectivity index (χ1) is 18.8. The van der Waals surface area contributed by atoms with Crippen molar-refractivity contribution >= 4 is 28.7 Å². The molecule has 5 N–H and O–H groups in total. The van der Waals surface area contributed by atoms with Crippen LogP contribution >= 0.6 is 0 Å². The van der Waals surface area contributed by atoms with Gasteiger partial charge in [0.15, 0.2) is 0 Å². The molecular weight excluding hydrogens is 518 g/mol. The molecule has 212 valence electrons. The molecule has 3 aromatic rings. The van der Waals surface area contributed by atoms with Crippen LogP contribution < -0.4 is 11.1 Å². The first-order valence-corrected chi connectivity index (χ1v) is 13.5. The number of carbonyl (C=O) groups excluding carboxylic acids is 2. The van der Waals surface area contributed by atoms with Gasteiger partial charge in [-0.2, -0.15) is 0 Å². The Hall–Kier alpha value is -3.79. The highest BCUT2D eigenvalue weighted by Gasteiger charge is 2.47. The maximum Gasteiger partial charge on any atom is 0.303 e. The van der Waals surface area contributed by atoms with E-state index in [1.165, 1.54) is 24.3 Å². The fourth-order valence-corrected chi connectivity index (χ4v) is 6.32. The van der Waals surface area contributed by atoms with E-state index in [9.17, 15) is 28.3 Å². The van der Waals surface area contributed by atoms with Crippen LogP contribution in [0.1, 0.15) is 62.3 Å². The Bertz CT molecular complexity index is 1470. The first-order valence-electron chi connectivity index (χ1n) is 13.5. The summed E-state index contributed by atoms with van der Waals surface area (Å²) in [4.78, 5) is 43.0. The number of halogens is 2. The number of rotatable bonds is 7. The van der Waals surface area contributed by atoms with Crippen LogP contribution in [0.15, 0.2) is 42.5 Å². The number of hydrogen-bond acceptors (Lipinski definition) is 4. The molecule has 2 atom stereocenters. The van der Waals surface area contributed by atoms with Crippen molar-refractivity contribution in [1.82, 2.24) is 15.2 Å². The number of aliphatic carboxylic acids is 1. The number of hydrogen-bond donors (Lipinski definition) is 4. The number of nitrogens with one attached hydrogen (secondary N) is 2. The summed E-state index contributed by atoms with van der Waals surface area (Å²) in [6, 6.07) is 9.80. The maximum absolute atomic E-state index is 14.3. The lowest BCUT2D eigenvalue weighted by Gasteiger charge is -2.41. The fraction of sp³-hybridized carbons (Fsp3) is 0.433. The smallest absolute Gasteiger partial charge is 0.303 e. The molecular formula is C30H34F2N4O4. The number of fused-ring (bicyclic) bond motifs is 3. The summed E-state index contributed by atoms with van der Waals surface area (Å²) in [7, 11) is 0.